The fraction of sp³-hybridized carbons (Fsp3) is 0.700. The predicted molar refractivity (Wildman–Crippen MR) is 111 cm³/mol. The number of ether oxygens (including phenoxy) is 1. The van der Waals surface area contributed by atoms with Gasteiger partial charge in [-0.25, -0.2) is 9.78 Å². The molecule has 2 aromatic rings. The monoisotopic (exact) mass is 419 g/mol. The maximum Gasteiger partial charge on any atom is 0.332 e. The number of hydrogen-bond acceptors (Lipinski definition) is 5. The third-order valence-electron chi connectivity index (χ3n) is 6.81. The molecule has 0 spiro atoms. The van der Waals surface area contributed by atoms with Crippen LogP contribution < -0.4 is 21.5 Å². The van der Waals surface area contributed by atoms with E-state index in [2.05, 4.69) is 10.3 Å². The van der Waals surface area contributed by atoms with Gasteiger partial charge in [0.15, 0.2) is 11.2 Å². The molecule has 0 unspecified atom stereocenters. The van der Waals surface area contributed by atoms with Gasteiger partial charge in [0.2, 0.25) is 5.91 Å². The Labute approximate surface area is 174 Å². The SMILES string of the molecule is Cn1c(=O)c2c(ncn2CC(=O)NCC2([NH+]3CCOCC3)CCCCC2)n(C)c1=O. The molecule has 2 aromatic heterocycles. The van der Waals surface area contributed by atoms with Crippen molar-refractivity contribution in [2.75, 3.05) is 32.8 Å². The lowest BCUT2D eigenvalue weighted by atomic mass is 9.79. The molecule has 1 saturated heterocycles. The number of nitrogens with one attached hydrogen (secondary N) is 2. The van der Waals surface area contributed by atoms with Crippen LogP contribution in [-0.2, 0) is 30.2 Å². The summed E-state index contributed by atoms with van der Waals surface area (Å²) in [5.41, 5.74) is -0.262. The second-order valence-corrected chi connectivity index (χ2v) is 8.58. The third-order valence-corrected chi connectivity index (χ3v) is 6.81. The number of hydrogen-bond donors (Lipinski definition) is 2. The van der Waals surface area contributed by atoms with Crippen molar-refractivity contribution in [1.29, 1.82) is 0 Å². The van der Waals surface area contributed by atoms with Gasteiger partial charge in [-0.1, -0.05) is 6.42 Å². The maximum atomic E-state index is 12.8. The highest BCUT2D eigenvalue weighted by molar-refractivity contribution is 5.78. The van der Waals surface area contributed by atoms with Crippen LogP contribution in [0.1, 0.15) is 32.1 Å². The van der Waals surface area contributed by atoms with Crippen LogP contribution in [0.25, 0.3) is 11.2 Å². The van der Waals surface area contributed by atoms with Crippen LogP contribution in [0.15, 0.2) is 15.9 Å². The lowest BCUT2D eigenvalue weighted by Gasteiger charge is -2.45. The van der Waals surface area contributed by atoms with Crippen molar-refractivity contribution in [1.82, 2.24) is 24.0 Å². The number of amides is 1. The van der Waals surface area contributed by atoms with E-state index < -0.39 is 11.2 Å². The molecule has 0 bridgehead atoms. The van der Waals surface area contributed by atoms with Gasteiger partial charge in [-0.2, -0.15) is 0 Å². The number of carbonyl (C=O) groups is 1. The standard InChI is InChI=1S/C20H30N6O4/c1-23-17-16(18(28)24(2)19(23)29)25(14-22-17)12-15(27)21-13-20(6-4-3-5-7-20)26-8-10-30-11-9-26/h14H,3-13H2,1-2H3,(H,21,27)/p+1. The lowest BCUT2D eigenvalue weighted by molar-refractivity contribution is -0.960. The average Bonchev–Trinajstić information content (AvgIpc) is 3.19. The molecular weight excluding hydrogens is 388 g/mol. The Morgan fingerprint density at radius 1 is 1.17 bits per heavy atom. The van der Waals surface area contributed by atoms with Crippen molar-refractivity contribution >= 4 is 17.1 Å². The van der Waals surface area contributed by atoms with E-state index in [1.54, 1.807) is 7.05 Å². The number of imidazole rings is 1. The number of carbonyl (C=O) groups excluding carboxylic acids is 1. The van der Waals surface area contributed by atoms with E-state index in [9.17, 15) is 14.4 Å². The number of quaternary nitrogens is 1. The van der Waals surface area contributed by atoms with Crippen molar-refractivity contribution in [2.45, 2.75) is 44.2 Å². The van der Waals surface area contributed by atoms with Crippen LogP contribution in [0.5, 0.6) is 0 Å². The van der Waals surface area contributed by atoms with E-state index in [0.717, 1.165) is 43.7 Å². The Hall–Kier alpha value is -2.46. The molecule has 2 aliphatic rings. The van der Waals surface area contributed by atoms with Crippen molar-refractivity contribution in [3.8, 4) is 0 Å². The van der Waals surface area contributed by atoms with Crippen LogP contribution in [0.4, 0.5) is 0 Å². The Morgan fingerprint density at radius 3 is 2.57 bits per heavy atom. The van der Waals surface area contributed by atoms with E-state index >= 15 is 0 Å². The first-order valence-corrected chi connectivity index (χ1v) is 10.7. The van der Waals surface area contributed by atoms with E-state index in [1.807, 2.05) is 0 Å². The molecule has 10 nitrogen and oxygen atoms in total. The molecule has 10 heteroatoms. The molecule has 1 amide bonds. The lowest BCUT2D eigenvalue weighted by Crippen LogP contribution is -3.23. The summed E-state index contributed by atoms with van der Waals surface area (Å²) < 4.78 is 9.43. The van der Waals surface area contributed by atoms with E-state index in [1.165, 1.54) is 46.7 Å². The first kappa shape index (κ1) is 20.8. The van der Waals surface area contributed by atoms with Crippen LogP contribution in [0.3, 0.4) is 0 Å². The molecule has 1 saturated carbocycles. The number of aryl methyl sites for hydroxylation is 1. The summed E-state index contributed by atoms with van der Waals surface area (Å²) in [6.07, 6.45) is 7.31. The molecule has 1 aliphatic carbocycles. The van der Waals surface area contributed by atoms with Gasteiger partial charge >= 0.3 is 5.69 Å². The highest BCUT2D eigenvalue weighted by Gasteiger charge is 2.42. The second-order valence-electron chi connectivity index (χ2n) is 8.58. The zero-order valence-electron chi connectivity index (χ0n) is 17.8. The number of aromatic nitrogens is 4. The van der Waals surface area contributed by atoms with Gasteiger partial charge in [0.05, 0.1) is 26.1 Å². The topological polar surface area (TPSA) is 105 Å². The van der Waals surface area contributed by atoms with Gasteiger partial charge in [-0.3, -0.25) is 18.7 Å². The van der Waals surface area contributed by atoms with Crippen molar-refractivity contribution in [3.05, 3.63) is 27.2 Å². The minimum Gasteiger partial charge on any atom is -0.370 e. The summed E-state index contributed by atoms with van der Waals surface area (Å²) >= 11 is 0. The summed E-state index contributed by atoms with van der Waals surface area (Å²) in [6, 6.07) is 0. The Balaban J connectivity index is 1.50. The fourth-order valence-corrected chi connectivity index (χ4v) is 5.03. The minimum atomic E-state index is -0.445. The summed E-state index contributed by atoms with van der Waals surface area (Å²) in [5.74, 6) is -0.150. The molecule has 2 N–H and O–H groups in total. The van der Waals surface area contributed by atoms with Gasteiger partial charge in [-0.15, -0.1) is 0 Å². The van der Waals surface area contributed by atoms with Gasteiger partial charge in [0.25, 0.3) is 5.56 Å². The highest BCUT2D eigenvalue weighted by Crippen LogP contribution is 2.25. The van der Waals surface area contributed by atoms with Crippen molar-refractivity contribution < 1.29 is 14.4 Å². The smallest absolute Gasteiger partial charge is 0.332 e. The van der Waals surface area contributed by atoms with E-state index in [0.29, 0.717) is 6.54 Å². The number of nitrogens with zero attached hydrogens (tertiary/aromatic N) is 4. The summed E-state index contributed by atoms with van der Waals surface area (Å²) in [4.78, 5) is 43.2. The Morgan fingerprint density at radius 2 is 1.87 bits per heavy atom. The number of morpholine rings is 1. The molecule has 0 atom stereocenters. The zero-order chi connectivity index (χ0) is 21.3. The Kier molecular flexibility index (Phi) is 5.79. The predicted octanol–water partition coefficient (Wildman–Crippen LogP) is -1.83. The molecule has 0 aromatic carbocycles. The zero-order valence-corrected chi connectivity index (χ0v) is 17.8. The van der Waals surface area contributed by atoms with Crippen LogP contribution >= 0.6 is 0 Å². The summed E-state index contributed by atoms with van der Waals surface area (Å²) in [7, 11) is 3.00. The molecule has 4 rings (SSSR count). The molecule has 3 heterocycles. The van der Waals surface area contributed by atoms with Gasteiger partial charge in [0, 0.05) is 26.9 Å². The normalized spacial score (nSPS) is 19.8. The maximum absolute atomic E-state index is 12.8. The van der Waals surface area contributed by atoms with Crippen LogP contribution in [0, 0.1) is 0 Å². The van der Waals surface area contributed by atoms with Crippen molar-refractivity contribution in [3.63, 3.8) is 0 Å². The van der Waals surface area contributed by atoms with Gasteiger partial charge in [0.1, 0.15) is 25.2 Å². The van der Waals surface area contributed by atoms with Gasteiger partial charge in [-0.05, 0) is 12.8 Å². The molecule has 164 valence electrons. The largest absolute Gasteiger partial charge is 0.370 e. The molecular formula is C20H31N6O4+. The first-order valence-electron chi connectivity index (χ1n) is 10.7. The van der Waals surface area contributed by atoms with Crippen LogP contribution in [-0.4, -0.2) is 63.0 Å². The Bertz CT molecular complexity index is 1040. The van der Waals surface area contributed by atoms with E-state index in [-0.39, 0.29) is 29.2 Å². The summed E-state index contributed by atoms with van der Waals surface area (Å²) in [6.45, 7) is 4.13. The van der Waals surface area contributed by atoms with Gasteiger partial charge < -0.3 is 19.5 Å². The quantitative estimate of drug-likeness (QED) is 0.593. The highest BCUT2D eigenvalue weighted by atomic mass is 16.5. The van der Waals surface area contributed by atoms with E-state index in [4.69, 9.17) is 4.74 Å². The van der Waals surface area contributed by atoms with Crippen LogP contribution in [0.2, 0.25) is 0 Å². The second kappa shape index (κ2) is 8.35. The average molecular weight is 420 g/mol. The molecule has 1 aliphatic heterocycles. The molecule has 0 radical (unpaired) electrons. The molecule has 30 heavy (non-hydrogen) atoms. The third kappa shape index (κ3) is 3.69. The molecule has 2 fully saturated rings. The number of rotatable bonds is 5. The van der Waals surface area contributed by atoms with Crippen molar-refractivity contribution in [2.24, 2.45) is 14.1 Å². The fourth-order valence-electron chi connectivity index (χ4n) is 5.03. The summed E-state index contributed by atoms with van der Waals surface area (Å²) in [5, 5.41) is 3.13. The minimum absolute atomic E-state index is 0.00152. The first-order chi connectivity index (χ1) is 14.4. The number of fused-ring (bicyclic) bond motifs is 1.